The van der Waals surface area contributed by atoms with Crippen molar-refractivity contribution in [1.82, 2.24) is 0 Å². The Morgan fingerprint density at radius 3 is 3.08 bits per heavy atom. The van der Waals surface area contributed by atoms with Gasteiger partial charge in [-0.3, -0.25) is 4.79 Å². The molecule has 12 heavy (non-hydrogen) atoms. The molecule has 0 spiro atoms. The van der Waals surface area contributed by atoms with Crippen LogP contribution in [0.15, 0.2) is 21.7 Å². The van der Waals surface area contributed by atoms with E-state index in [9.17, 15) is 4.79 Å². The first-order valence-electron chi connectivity index (χ1n) is 3.59. The third-order valence-electron chi connectivity index (χ3n) is 1.29. The van der Waals surface area contributed by atoms with E-state index in [1.807, 2.05) is 23.8 Å². The van der Waals surface area contributed by atoms with E-state index in [4.69, 9.17) is 5.11 Å². The number of hydrogen-bond donors (Lipinski definition) is 1. The van der Waals surface area contributed by atoms with Crippen molar-refractivity contribution in [2.75, 3.05) is 0 Å². The Balaban J connectivity index is 2.36. The zero-order valence-corrected chi connectivity index (χ0v) is 8.32. The molecule has 1 unspecified atom stereocenters. The Labute approximate surface area is 79.6 Å². The van der Waals surface area contributed by atoms with Crippen molar-refractivity contribution in [3.8, 4) is 0 Å². The van der Waals surface area contributed by atoms with Gasteiger partial charge in [-0.1, -0.05) is 6.92 Å². The normalized spacial score (nSPS) is 12.8. The first-order valence-corrected chi connectivity index (χ1v) is 5.41. The number of hydrogen-bond acceptors (Lipinski definition) is 3. The second kappa shape index (κ2) is 4.52. The summed E-state index contributed by atoms with van der Waals surface area (Å²) in [5, 5.41) is 12.7. The summed E-state index contributed by atoms with van der Waals surface area (Å²) in [6.45, 7) is 1.93. The van der Waals surface area contributed by atoms with Crippen LogP contribution in [0.25, 0.3) is 0 Å². The monoisotopic (exact) mass is 202 g/mol. The van der Waals surface area contributed by atoms with Gasteiger partial charge in [0.2, 0.25) is 0 Å². The molecule has 1 rings (SSSR count). The molecule has 1 heterocycles. The van der Waals surface area contributed by atoms with Crippen LogP contribution in [-0.2, 0) is 4.79 Å². The minimum Gasteiger partial charge on any atom is -0.481 e. The maximum absolute atomic E-state index is 10.3. The third kappa shape index (κ3) is 3.28. The minimum atomic E-state index is -0.731. The smallest absolute Gasteiger partial charge is 0.304 e. The van der Waals surface area contributed by atoms with Gasteiger partial charge in [0.1, 0.15) is 0 Å². The summed E-state index contributed by atoms with van der Waals surface area (Å²) in [5.74, 6) is -0.731. The average molecular weight is 202 g/mol. The maximum Gasteiger partial charge on any atom is 0.304 e. The summed E-state index contributed by atoms with van der Waals surface area (Å²) in [4.78, 5) is 11.5. The van der Waals surface area contributed by atoms with E-state index in [2.05, 4.69) is 0 Å². The largest absolute Gasteiger partial charge is 0.481 e. The summed E-state index contributed by atoms with van der Waals surface area (Å²) in [6, 6.07) is 2.01. The zero-order valence-electron chi connectivity index (χ0n) is 6.69. The molecule has 0 saturated heterocycles. The van der Waals surface area contributed by atoms with Crippen molar-refractivity contribution in [3.63, 3.8) is 0 Å². The second-order valence-electron chi connectivity index (χ2n) is 2.49. The summed E-state index contributed by atoms with van der Waals surface area (Å²) < 4.78 is 0. The van der Waals surface area contributed by atoms with Crippen molar-refractivity contribution in [2.24, 2.45) is 0 Å². The highest BCUT2D eigenvalue weighted by atomic mass is 32.2. The molecular weight excluding hydrogens is 192 g/mol. The Hall–Kier alpha value is -0.480. The molecule has 1 N–H and O–H groups in total. The van der Waals surface area contributed by atoms with E-state index < -0.39 is 5.97 Å². The second-order valence-corrected chi connectivity index (χ2v) is 4.78. The number of carbonyl (C=O) groups is 1. The molecule has 0 aliphatic carbocycles. The van der Waals surface area contributed by atoms with Crippen LogP contribution in [0.4, 0.5) is 0 Å². The molecule has 0 fully saturated rings. The van der Waals surface area contributed by atoms with Crippen molar-refractivity contribution in [1.29, 1.82) is 0 Å². The van der Waals surface area contributed by atoms with Crippen LogP contribution in [0.3, 0.4) is 0 Å². The summed E-state index contributed by atoms with van der Waals surface area (Å²) >= 11 is 3.24. The van der Waals surface area contributed by atoms with Gasteiger partial charge in [0, 0.05) is 15.5 Å². The number of carboxylic acids is 1. The van der Waals surface area contributed by atoms with Gasteiger partial charge in [-0.25, -0.2) is 0 Å². The lowest BCUT2D eigenvalue weighted by molar-refractivity contribution is -0.136. The molecule has 66 valence electrons. The molecule has 1 atom stereocenters. The molecule has 0 bridgehead atoms. The summed E-state index contributed by atoms with van der Waals surface area (Å²) in [7, 11) is 0. The van der Waals surface area contributed by atoms with Gasteiger partial charge in [0.25, 0.3) is 0 Å². The number of thioether (sulfide) groups is 1. The zero-order chi connectivity index (χ0) is 8.97. The Bertz CT molecular complexity index is 244. The van der Waals surface area contributed by atoms with Gasteiger partial charge < -0.3 is 5.11 Å². The standard InChI is InChI=1S/C8H10O2S2/c1-6(4-8(9)10)12-7-2-3-11-5-7/h2-3,5-6H,4H2,1H3,(H,9,10). The highest BCUT2D eigenvalue weighted by Crippen LogP contribution is 2.26. The van der Waals surface area contributed by atoms with Crippen LogP contribution in [0, 0.1) is 0 Å². The van der Waals surface area contributed by atoms with E-state index in [-0.39, 0.29) is 11.7 Å². The van der Waals surface area contributed by atoms with Gasteiger partial charge in [-0.2, -0.15) is 11.3 Å². The predicted molar refractivity (Wildman–Crippen MR) is 51.9 cm³/mol. The first kappa shape index (κ1) is 9.61. The minimum absolute atomic E-state index is 0.150. The van der Waals surface area contributed by atoms with Crippen LogP contribution >= 0.6 is 23.1 Å². The van der Waals surface area contributed by atoms with Crippen LogP contribution in [-0.4, -0.2) is 16.3 Å². The van der Waals surface area contributed by atoms with Crippen molar-refractivity contribution >= 4 is 29.1 Å². The SMILES string of the molecule is CC(CC(=O)O)Sc1ccsc1. The molecule has 0 aromatic carbocycles. The summed E-state index contributed by atoms with van der Waals surface area (Å²) in [5.41, 5.74) is 0. The van der Waals surface area contributed by atoms with E-state index in [0.29, 0.717) is 0 Å². The fourth-order valence-corrected chi connectivity index (χ4v) is 2.67. The van der Waals surface area contributed by atoms with Gasteiger partial charge in [0.05, 0.1) is 6.42 Å². The molecule has 1 aromatic rings. The lowest BCUT2D eigenvalue weighted by Crippen LogP contribution is -2.04. The van der Waals surface area contributed by atoms with Crippen LogP contribution in [0.1, 0.15) is 13.3 Å². The lowest BCUT2D eigenvalue weighted by Gasteiger charge is -2.05. The van der Waals surface area contributed by atoms with Crippen molar-refractivity contribution < 1.29 is 9.90 Å². The van der Waals surface area contributed by atoms with Crippen molar-refractivity contribution in [3.05, 3.63) is 16.8 Å². The molecule has 4 heteroatoms. The highest BCUT2D eigenvalue weighted by Gasteiger charge is 2.08. The predicted octanol–water partition coefficient (Wildman–Crippen LogP) is 2.70. The molecule has 0 radical (unpaired) electrons. The maximum atomic E-state index is 10.3. The number of aliphatic carboxylic acids is 1. The fraction of sp³-hybridized carbons (Fsp3) is 0.375. The average Bonchev–Trinajstić information content (AvgIpc) is 2.37. The first-order chi connectivity index (χ1) is 5.68. The highest BCUT2D eigenvalue weighted by molar-refractivity contribution is 8.00. The van der Waals surface area contributed by atoms with E-state index in [0.717, 1.165) is 4.90 Å². The van der Waals surface area contributed by atoms with Crippen LogP contribution in [0.2, 0.25) is 0 Å². The van der Waals surface area contributed by atoms with Gasteiger partial charge in [-0.05, 0) is 11.4 Å². The summed E-state index contributed by atoms with van der Waals surface area (Å²) in [6.07, 6.45) is 0.223. The Morgan fingerprint density at radius 2 is 2.58 bits per heavy atom. The molecule has 0 aliphatic rings. The third-order valence-corrected chi connectivity index (χ3v) is 3.22. The number of rotatable bonds is 4. The topological polar surface area (TPSA) is 37.3 Å². The molecular formula is C8H10O2S2. The number of carboxylic acid groups (broad SMARTS) is 1. The number of thiophene rings is 1. The van der Waals surface area contributed by atoms with Gasteiger partial charge in [0.15, 0.2) is 0 Å². The molecule has 1 aromatic heterocycles. The van der Waals surface area contributed by atoms with Gasteiger partial charge in [-0.15, -0.1) is 11.8 Å². The quantitative estimate of drug-likeness (QED) is 0.763. The molecule has 2 nitrogen and oxygen atoms in total. The molecule has 0 amide bonds. The van der Waals surface area contributed by atoms with Crippen LogP contribution in [0.5, 0.6) is 0 Å². The fourth-order valence-electron chi connectivity index (χ4n) is 0.839. The Kier molecular flexibility index (Phi) is 3.62. The Morgan fingerprint density at radius 1 is 1.83 bits per heavy atom. The van der Waals surface area contributed by atoms with E-state index in [1.54, 1.807) is 23.1 Å². The lowest BCUT2D eigenvalue weighted by atomic mass is 10.3. The molecule has 0 saturated carbocycles. The molecule has 0 aliphatic heterocycles. The van der Waals surface area contributed by atoms with E-state index >= 15 is 0 Å². The van der Waals surface area contributed by atoms with Crippen LogP contribution < -0.4 is 0 Å². The van der Waals surface area contributed by atoms with Crippen molar-refractivity contribution in [2.45, 2.75) is 23.5 Å². The van der Waals surface area contributed by atoms with Gasteiger partial charge >= 0.3 is 5.97 Å². The van der Waals surface area contributed by atoms with E-state index in [1.165, 1.54) is 0 Å².